The van der Waals surface area contributed by atoms with Crippen molar-refractivity contribution in [2.45, 2.75) is 0 Å². The van der Waals surface area contributed by atoms with Crippen molar-refractivity contribution in [1.29, 1.82) is 0 Å². The number of likely N-dealkylation sites (N-methyl/N-ethyl adjacent to an activating group) is 1. The van der Waals surface area contributed by atoms with E-state index >= 15 is 0 Å². The molecule has 0 radical (unpaired) electrons. The van der Waals surface area contributed by atoms with Gasteiger partial charge in [0.15, 0.2) is 0 Å². The number of hydrogen-bond donors (Lipinski definition) is 1. The molecule has 0 aromatic heterocycles. The number of benzene rings is 1. The average Bonchev–Trinajstić information content (AvgIpc) is 2.29. The maximum absolute atomic E-state index is 11.5. The lowest BCUT2D eigenvalue weighted by atomic mass is 10.1. The number of ether oxygens (including phenoxy) is 1. The molecule has 0 fully saturated rings. The highest BCUT2D eigenvalue weighted by atomic mass is 79.9. The number of anilines is 2. The Labute approximate surface area is 103 Å². The Bertz CT molecular complexity index is 434. The Morgan fingerprint density at radius 3 is 3.00 bits per heavy atom. The molecule has 0 unspecified atom stereocenters. The first-order valence-corrected chi connectivity index (χ1v) is 5.79. The minimum atomic E-state index is -0.329. The third-order valence-corrected chi connectivity index (χ3v) is 3.32. The molecular formula is C11H13BrN2O2. The smallest absolute Gasteiger partial charge is 0.339 e. The van der Waals surface area contributed by atoms with Crippen molar-refractivity contribution in [2.75, 3.05) is 37.5 Å². The van der Waals surface area contributed by atoms with E-state index in [0.29, 0.717) is 5.56 Å². The Morgan fingerprint density at radius 2 is 2.31 bits per heavy atom. The molecule has 0 amide bonds. The van der Waals surface area contributed by atoms with E-state index in [9.17, 15) is 4.79 Å². The SMILES string of the molecule is COC(=O)c1cc2c(cc1Br)N(C)CCN2. The molecule has 0 spiro atoms. The highest BCUT2D eigenvalue weighted by Gasteiger charge is 2.19. The number of halogens is 1. The number of hydrogen-bond acceptors (Lipinski definition) is 4. The zero-order valence-electron chi connectivity index (χ0n) is 9.21. The van der Waals surface area contributed by atoms with Crippen LogP contribution in [0.5, 0.6) is 0 Å². The van der Waals surface area contributed by atoms with Crippen LogP contribution in [0.3, 0.4) is 0 Å². The van der Waals surface area contributed by atoms with Gasteiger partial charge in [0.05, 0.1) is 24.0 Å². The first-order valence-electron chi connectivity index (χ1n) is 5.00. The topological polar surface area (TPSA) is 41.6 Å². The van der Waals surface area contributed by atoms with Crippen LogP contribution in [0.4, 0.5) is 11.4 Å². The van der Waals surface area contributed by atoms with E-state index in [0.717, 1.165) is 28.9 Å². The zero-order valence-corrected chi connectivity index (χ0v) is 10.8. The van der Waals surface area contributed by atoms with E-state index in [1.807, 2.05) is 19.2 Å². The summed E-state index contributed by atoms with van der Waals surface area (Å²) in [6.07, 6.45) is 0. The van der Waals surface area contributed by atoms with Crippen LogP contribution >= 0.6 is 15.9 Å². The van der Waals surface area contributed by atoms with Gasteiger partial charge >= 0.3 is 5.97 Å². The van der Waals surface area contributed by atoms with Crippen molar-refractivity contribution < 1.29 is 9.53 Å². The summed E-state index contributed by atoms with van der Waals surface area (Å²) in [6.45, 7) is 1.84. The summed E-state index contributed by atoms with van der Waals surface area (Å²) in [5.41, 5.74) is 2.60. The second-order valence-electron chi connectivity index (χ2n) is 3.69. The quantitative estimate of drug-likeness (QED) is 0.802. The van der Waals surface area contributed by atoms with Crippen LogP contribution in [0.15, 0.2) is 16.6 Å². The summed E-state index contributed by atoms with van der Waals surface area (Å²) in [6, 6.07) is 3.76. The van der Waals surface area contributed by atoms with Crippen molar-refractivity contribution >= 4 is 33.3 Å². The fourth-order valence-electron chi connectivity index (χ4n) is 1.77. The van der Waals surface area contributed by atoms with Gasteiger partial charge < -0.3 is 15.0 Å². The number of methoxy groups -OCH3 is 1. The normalized spacial score (nSPS) is 14.1. The maximum atomic E-state index is 11.5. The number of fused-ring (bicyclic) bond motifs is 1. The van der Waals surface area contributed by atoms with Crippen molar-refractivity contribution in [3.8, 4) is 0 Å². The summed E-state index contributed by atoms with van der Waals surface area (Å²) >= 11 is 3.39. The van der Waals surface area contributed by atoms with E-state index in [4.69, 9.17) is 4.74 Å². The molecule has 1 aliphatic heterocycles. The second-order valence-corrected chi connectivity index (χ2v) is 4.54. The molecule has 0 saturated heterocycles. The first-order chi connectivity index (χ1) is 7.63. The molecule has 1 aromatic carbocycles. The third-order valence-electron chi connectivity index (χ3n) is 2.66. The molecule has 16 heavy (non-hydrogen) atoms. The molecule has 2 rings (SSSR count). The van der Waals surface area contributed by atoms with Gasteiger partial charge in [-0.3, -0.25) is 0 Å². The summed E-state index contributed by atoms with van der Waals surface area (Å²) in [5, 5.41) is 3.27. The standard InChI is InChI=1S/C11H13BrN2O2/c1-14-4-3-13-9-5-7(11(15)16-2)8(12)6-10(9)14/h5-6,13H,3-4H2,1-2H3. The molecule has 86 valence electrons. The molecule has 0 bridgehead atoms. The van der Waals surface area contributed by atoms with Gasteiger partial charge in [-0.25, -0.2) is 4.79 Å². The minimum Gasteiger partial charge on any atom is -0.465 e. The van der Waals surface area contributed by atoms with Crippen LogP contribution < -0.4 is 10.2 Å². The highest BCUT2D eigenvalue weighted by molar-refractivity contribution is 9.10. The summed E-state index contributed by atoms with van der Waals surface area (Å²) < 4.78 is 5.48. The molecule has 1 aliphatic rings. The molecule has 0 atom stereocenters. The number of esters is 1. The van der Waals surface area contributed by atoms with Gasteiger partial charge in [-0.2, -0.15) is 0 Å². The Morgan fingerprint density at radius 1 is 1.56 bits per heavy atom. The number of nitrogens with one attached hydrogen (secondary N) is 1. The Balaban J connectivity index is 2.48. The third kappa shape index (κ3) is 1.87. The maximum Gasteiger partial charge on any atom is 0.339 e. The van der Waals surface area contributed by atoms with Crippen LogP contribution in [0.1, 0.15) is 10.4 Å². The van der Waals surface area contributed by atoms with Crippen LogP contribution in [0, 0.1) is 0 Å². The number of carbonyl (C=O) groups is 1. The van der Waals surface area contributed by atoms with Crippen LogP contribution in [-0.4, -0.2) is 33.2 Å². The van der Waals surface area contributed by atoms with Crippen LogP contribution in [0.2, 0.25) is 0 Å². The van der Waals surface area contributed by atoms with Gasteiger partial charge in [0.1, 0.15) is 0 Å². The van der Waals surface area contributed by atoms with E-state index < -0.39 is 0 Å². The number of rotatable bonds is 1. The van der Waals surface area contributed by atoms with Gasteiger partial charge in [0.25, 0.3) is 0 Å². The van der Waals surface area contributed by atoms with Crippen LogP contribution in [0.25, 0.3) is 0 Å². The number of nitrogens with zero attached hydrogens (tertiary/aromatic N) is 1. The van der Waals surface area contributed by atoms with Gasteiger partial charge in [-0.1, -0.05) is 0 Å². The monoisotopic (exact) mass is 284 g/mol. The Hall–Kier alpha value is -1.23. The fraction of sp³-hybridized carbons (Fsp3) is 0.364. The molecule has 4 nitrogen and oxygen atoms in total. The number of carbonyl (C=O) groups excluding carboxylic acids is 1. The molecule has 5 heteroatoms. The van der Waals surface area contributed by atoms with Gasteiger partial charge in [-0.15, -0.1) is 0 Å². The predicted molar refractivity (Wildman–Crippen MR) is 67.2 cm³/mol. The van der Waals surface area contributed by atoms with E-state index in [2.05, 4.69) is 26.1 Å². The van der Waals surface area contributed by atoms with E-state index in [1.54, 1.807) is 0 Å². The fourth-order valence-corrected chi connectivity index (χ4v) is 2.26. The highest BCUT2D eigenvalue weighted by Crippen LogP contribution is 2.34. The summed E-state index contributed by atoms with van der Waals surface area (Å²) in [5.74, 6) is -0.329. The largest absolute Gasteiger partial charge is 0.465 e. The lowest BCUT2D eigenvalue weighted by Gasteiger charge is -2.29. The summed E-state index contributed by atoms with van der Waals surface area (Å²) in [7, 11) is 3.41. The minimum absolute atomic E-state index is 0.329. The van der Waals surface area contributed by atoms with Gasteiger partial charge in [0.2, 0.25) is 0 Å². The molecule has 0 saturated carbocycles. The molecule has 0 aliphatic carbocycles. The Kier molecular flexibility index (Phi) is 3.05. The first kappa shape index (κ1) is 11.3. The van der Waals surface area contributed by atoms with E-state index in [-0.39, 0.29) is 5.97 Å². The van der Waals surface area contributed by atoms with Crippen molar-refractivity contribution in [1.82, 2.24) is 0 Å². The predicted octanol–water partition coefficient (Wildman–Crippen LogP) is 2.10. The van der Waals surface area contributed by atoms with Crippen molar-refractivity contribution in [3.05, 3.63) is 22.2 Å². The lowest BCUT2D eigenvalue weighted by molar-refractivity contribution is 0.0600. The van der Waals surface area contributed by atoms with Crippen molar-refractivity contribution in [2.24, 2.45) is 0 Å². The van der Waals surface area contributed by atoms with E-state index in [1.165, 1.54) is 7.11 Å². The van der Waals surface area contributed by atoms with Crippen molar-refractivity contribution in [3.63, 3.8) is 0 Å². The lowest BCUT2D eigenvalue weighted by Crippen LogP contribution is -2.30. The summed E-state index contributed by atoms with van der Waals surface area (Å²) in [4.78, 5) is 13.7. The zero-order chi connectivity index (χ0) is 11.7. The molecule has 1 aromatic rings. The van der Waals surface area contributed by atoms with Crippen LogP contribution in [-0.2, 0) is 4.74 Å². The van der Waals surface area contributed by atoms with Gasteiger partial charge in [0, 0.05) is 24.6 Å². The second kappa shape index (κ2) is 4.33. The molecule has 1 N–H and O–H groups in total. The van der Waals surface area contributed by atoms with Gasteiger partial charge in [-0.05, 0) is 28.1 Å². The average molecular weight is 285 g/mol. The molecular weight excluding hydrogens is 272 g/mol. The molecule has 1 heterocycles.